The van der Waals surface area contributed by atoms with Crippen LogP contribution in [-0.4, -0.2) is 12.2 Å². The highest BCUT2D eigenvalue weighted by Gasteiger charge is 2.20. The van der Waals surface area contributed by atoms with Crippen molar-refractivity contribution >= 4 is 11.3 Å². The Kier molecular flexibility index (Phi) is 3.81. The molecule has 0 saturated carbocycles. The van der Waals surface area contributed by atoms with E-state index in [0.717, 1.165) is 21.8 Å². The summed E-state index contributed by atoms with van der Waals surface area (Å²) >= 11 is 1.78. The standard InChI is InChI=1S/C17H20O2S/c1-11-9-13(19-2)7-8-14(11)17(18)16-10-12-5-3-4-6-15(12)20-16/h7-10,17-18H,3-6H2,1-2H3. The molecule has 0 fully saturated rings. The van der Waals surface area contributed by atoms with E-state index in [0.29, 0.717) is 0 Å². The van der Waals surface area contributed by atoms with Gasteiger partial charge >= 0.3 is 0 Å². The Morgan fingerprint density at radius 1 is 1.20 bits per heavy atom. The molecule has 0 spiro atoms. The Hall–Kier alpha value is -1.32. The van der Waals surface area contributed by atoms with Crippen LogP contribution in [0, 0.1) is 6.92 Å². The molecule has 0 radical (unpaired) electrons. The molecule has 1 aliphatic carbocycles. The maximum absolute atomic E-state index is 10.7. The largest absolute Gasteiger partial charge is 0.497 e. The van der Waals surface area contributed by atoms with Crippen LogP contribution >= 0.6 is 11.3 Å². The van der Waals surface area contributed by atoms with Gasteiger partial charge in [-0.3, -0.25) is 0 Å². The zero-order chi connectivity index (χ0) is 14.1. The number of ether oxygens (including phenoxy) is 1. The van der Waals surface area contributed by atoms with Crippen LogP contribution in [0.4, 0.5) is 0 Å². The monoisotopic (exact) mass is 288 g/mol. The fourth-order valence-electron chi connectivity index (χ4n) is 2.88. The van der Waals surface area contributed by atoms with E-state index >= 15 is 0 Å². The summed E-state index contributed by atoms with van der Waals surface area (Å²) < 4.78 is 5.22. The summed E-state index contributed by atoms with van der Waals surface area (Å²) in [5, 5.41) is 10.7. The van der Waals surface area contributed by atoms with Crippen molar-refractivity contribution in [2.75, 3.05) is 7.11 Å². The Bertz CT molecular complexity index is 592. The average molecular weight is 288 g/mol. The topological polar surface area (TPSA) is 29.5 Å². The van der Waals surface area contributed by atoms with Gasteiger partial charge in [0.1, 0.15) is 11.9 Å². The highest BCUT2D eigenvalue weighted by Crippen LogP contribution is 2.36. The molecule has 0 bridgehead atoms. The van der Waals surface area contributed by atoms with E-state index in [2.05, 4.69) is 6.07 Å². The molecule has 106 valence electrons. The third kappa shape index (κ3) is 2.48. The molecule has 3 rings (SSSR count). The lowest BCUT2D eigenvalue weighted by molar-refractivity contribution is 0.223. The Morgan fingerprint density at radius 3 is 2.70 bits per heavy atom. The van der Waals surface area contributed by atoms with E-state index in [-0.39, 0.29) is 0 Å². The van der Waals surface area contributed by atoms with Crippen LogP contribution in [0.1, 0.15) is 45.4 Å². The first-order valence-electron chi connectivity index (χ1n) is 7.13. The van der Waals surface area contributed by atoms with Gasteiger partial charge in [0.25, 0.3) is 0 Å². The number of aliphatic hydroxyl groups is 1. The van der Waals surface area contributed by atoms with Crippen molar-refractivity contribution in [1.29, 1.82) is 0 Å². The SMILES string of the molecule is COc1ccc(C(O)c2cc3c(s2)CCCC3)c(C)c1. The molecule has 3 heteroatoms. The van der Waals surface area contributed by atoms with E-state index in [4.69, 9.17) is 4.74 Å². The molecule has 0 aliphatic heterocycles. The van der Waals surface area contributed by atoms with Crippen LogP contribution in [-0.2, 0) is 12.8 Å². The van der Waals surface area contributed by atoms with Gasteiger partial charge in [-0.2, -0.15) is 0 Å². The number of thiophene rings is 1. The minimum atomic E-state index is -0.517. The van der Waals surface area contributed by atoms with Gasteiger partial charge < -0.3 is 9.84 Å². The minimum Gasteiger partial charge on any atom is -0.497 e. The quantitative estimate of drug-likeness (QED) is 0.924. The molecule has 1 unspecified atom stereocenters. The van der Waals surface area contributed by atoms with E-state index in [1.807, 2.05) is 25.1 Å². The molecule has 1 atom stereocenters. The number of methoxy groups -OCH3 is 1. The number of hydrogen-bond acceptors (Lipinski definition) is 3. The van der Waals surface area contributed by atoms with E-state index < -0.39 is 6.10 Å². The van der Waals surface area contributed by atoms with Crippen molar-refractivity contribution in [2.45, 2.75) is 38.7 Å². The van der Waals surface area contributed by atoms with Crippen LogP contribution in [0.15, 0.2) is 24.3 Å². The number of aryl methyl sites for hydroxylation is 3. The molecular weight excluding hydrogens is 268 g/mol. The zero-order valence-electron chi connectivity index (χ0n) is 12.0. The minimum absolute atomic E-state index is 0.517. The normalized spacial score (nSPS) is 15.8. The Morgan fingerprint density at radius 2 is 2.00 bits per heavy atom. The van der Waals surface area contributed by atoms with Crippen LogP contribution in [0.5, 0.6) is 5.75 Å². The van der Waals surface area contributed by atoms with Crippen LogP contribution in [0.3, 0.4) is 0 Å². The van der Waals surface area contributed by atoms with Gasteiger partial charge in [-0.25, -0.2) is 0 Å². The third-order valence-electron chi connectivity index (χ3n) is 4.06. The molecule has 1 aromatic heterocycles. The first-order chi connectivity index (χ1) is 9.69. The molecule has 1 heterocycles. The van der Waals surface area contributed by atoms with Crippen LogP contribution in [0.2, 0.25) is 0 Å². The molecule has 0 amide bonds. The number of rotatable bonds is 3. The molecule has 0 saturated heterocycles. The number of hydrogen-bond donors (Lipinski definition) is 1. The summed E-state index contributed by atoms with van der Waals surface area (Å²) in [6.45, 7) is 2.02. The highest BCUT2D eigenvalue weighted by molar-refractivity contribution is 7.12. The zero-order valence-corrected chi connectivity index (χ0v) is 12.8. The Labute approximate surface area is 124 Å². The lowest BCUT2D eigenvalue weighted by Gasteiger charge is -2.13. The lowest BCUT2D eigenvalue weighted by Crippen LogP contribution is -2.00. The van der Waals surface area contributed by atoms with Crippen molar-refractivity contribution in [3.63, 3.8) is 0 Å². The number of fused-ring (bicyclic) bond motifs is 1. The summed E-state index contributed by atoms with van der Waals surface area (Å²) in [5.41, 5.74) is 3.49. The Balaban J connectivity index is 1.92. The molecule has 1 N–H and O–H groups in total. The second kappa shape index (κ2) is 5.58. The molecule has 20 heavy (non-hydrogen) atoms. The van der Waals surface area contributed by atoms with Crippen molar-refractivity contribution < 1.29 is 9.84 Å². The van der Waals surface area contributed by atoms with Gasteiger partial charge in [0.15, 0.2) is 0 Å². The van der Waals surface area contributed by atoms with Crippen molar-refractivity contribution in [3.05, 3.63) is 50.7 Å². The first-order valence-corrected chi connectivity index (χ1v) is 7.95. The predicted octanol–water partition coefficient (Wildman–Crippen LogP) is 4.03. The van der Waals surface area contributed by atoms with Crippen LogP contribution in [0.25, 0.3) is 0 Å². The van der Waals surface area contributed by atoms with E-state index in [1.165, 1.54) is 36.1 Å². The summed E-state index contributed by atoms with van der Waals surface area (Å²) in [4.78, 5) is 2.54. The van der Waals surface area contributed by atoms with E-state index in [9.17, 15) is 5.11 Å². The fraction of sp³-hybridized carbons (Fsp3) is 0.412. The first kappa shape index (κ1) is 13.7. The predicted molar refractivity (Wildman–Crippen MR) is 82.8 cm³/mol. The maximum atomic E-state index is 10.7. The van der Waals surface area contributed by atoms with Gasteiger partial charge in [0.05, 0.1) is 7.11 Å². The number of aliphatic hydroxyl groups excluding tert-OH is 1. The van der Waals surface area contributed by atoms with Gasteiger partial charge in [-0.1, -0.05) is 6.07 Å². The summed E-state index contributed by atoms with van der Waals surface area (Å²) in [6.07, 6.45) is 4.39. The average Bonchev–Trinajstić information content (AvgIpc) is 2.90. The fourth-order valence-corrected chi connectivity index (χ4v) is 4.15. The maximum Gasteiger partial charge on any atom is 0.119 e. The molecule has 2 nitrogen and oxygen atoms in total. The second-order valence-electron chi connectivity index (χ2n) is 5.43. The molecular formula is C17H20O2S. The number of benzene rings is 1. The van der Waals surface area contributed by atoms with Gasteiger partial charge in [0.2, 0.25) is 0 Å². The summed E-state index contributed by atoms with van der Waals surface area (Å²) in [7, 11) is 1.66. The summed E-state index contributed by atoms with van der Waals surface area (Å²) in [6, 6.07) is 8.07. The van der Waals surface area contributed by atoms with Crippen molar-refractivity contribution in [2.24, 2.45) is 0 Å². The highest BCUT2D eigenvalue weighted by atomic mass is 32.1. The smallest absolute Gasteiger partial charge is 0.119 e. The molecule has 1 aliphatic rings. The lowest BCUT2D eigenvalue weighted by atomic mass is 9.97. The van der Waals surface area contributed by atoms with Crippen molar-refractivity contribution in [1.82, 2.24) is 0 Å². The van der Waals surface area contributed by atoms with Gasteiger partial charge in [-0.15, -0.1) is 11.3 Å². The van der Waals surface area contributed by atoms with Gasteiger partial charge in [-0.05, 0) is 67.5 Å². The van der Waals surface area contributed by atoms with Crippen LogP contribution < -0.4 is 4.74 Å². The summed E-state index contributed by atoms with van der Waals surface area (Å²) in [5.74, 6) is 0.837. The van der Waals surface area contributed by atoms with Gasteiger partial charge in [0, 0.05) is 9.75 Å². The van der Waals surface area contributed by atoms with E-state index in [1.54, 1.807) is 18.4 Å². The third-order valence-corrected chi connectivity index (χ3v) is 5.35. The molecule has 2 aromatic rings. The second-order valence-corrected chi connectivity index (χ2v) is 6.60. The van der Waals surface area contributed by atoms with Crippen molar-refractivity contribution in [3.8, 4) is 5.75 Å². The molecule has 1 aromatic carbocycles.